The molecule has 0 amide bonds. The Kier molecular flexibility index (Phi) is 3.36. The van der Waals surface area contributed by atoms with E-state index in [1.165, 1.54) is 18.2 Å². The summed E-state index contributed by atoms with van der Waals surface area (Å²) in [6.45, 7) is 0.187. The number of aromatic nitrogens is 1. The molecule has 1 aromatic heterocycles. The lowest BCUT2D eigenvalue weighted by Gasteiger charge is -2.11. The van der Waals surface area contributed by atoms with Gasteiger partial charge in [0.05, 0.1) is 0 Å². The highest BCUT2D eigenvalue weighted by Crippen LogP contribution is 2.32. The molecule has 0 spiro atoms. The van der Waals surface area contributed by atoms with Crippen LogP contribution in [0.1, 0.15) is 16.1 Å². The minimum atomic E-state index is -4.19. The van der Waals surface area contributed by atoms with Crippen LogP contribution in [-0.4, -0.2) is 24.5 Å². The topological polar surface area (TPSA) is 103 Å². The van der Waals surface area contributed by atoms with Crippen molar-refractivity contribution in [1.82, 2.24) is 4.98 Å². The lowest BCUT2D eigenvalue weighted by Crippen LogP contribution is -2.13. The van der Waals surface area contributed by atoms with Gasteiger partial charge in [-0.2, -0.15) is 8.42 Å². The fourth-order valence-corrected chi connectivity index (χ4v) is 3.49. The Morgan fingerprint density at radius 2 is 1.84 bits per heavy atom. The summed E-state index contributed by atoms with van der Waals surface area (Å²) in [7, 11) is -4.19. The molecule has 5 heterocycles. The van der Waals surface area contributed by atoms with Crippen LogP contribution < -0.4 is 8.92 Å². The van der Waals surface area contributed by atoms with Crippen LogP contribution in [0.5, 0.6) is 11.5 Å². The van der Waals surface area contributed by atoms with Crippen LogP contribution in [0.4, 0.5) is 0 Å². The van der Waals surface area contributed by atoms with Gasteiger partial charge in [-0.1, -0.05) is 24.3 Å². The van der Waals surface area contributed by atoms with Crippen molar-refractivity contribution >= 4 is 27.0 Å². The van der Waals surface area contributed by atoms with Gasteiger partial charge in [0.1, 0.15) is 22.8 Å². The predicted octanol–water partition coefficient (Wildman–Crippen LogP) is 2.59. The highest BCUT2D eigenvalue weighted by atomic mass is 32.2. The van der Waals surface area contributed by atoms with E-state index in [1.807, 2.05) is 0 Å². The Balaban J connectivity index is 2.05. The molecule has 7 nitrogen and oxygen atoms in total. The fourth-order valence-electron chi connectivity index (χ4n) is 2.56. The minimum absolute atomic E-state index is 0.0846. The summed E-state index contributed by atoms with van der Waals surface area (Å²) in [5.74, 6) is -1.34. The van der Waals surface area contributed by atoms with Gasteiger partial charge in [-0.3, -0.25) is 0 Å². The van der Waals surface area contributed by atoms with Crippen molar-refractivity contribution < 1.29 is 27.2 Å². The van der Waals surface area contributed by atoms with Crippen molar-refractivity contribution in [2.24, 2.45) is 0 Å². The van der Waals surface area contributed by atoms with Gasteiger partial charge < -0.3 is 14.0 Å². The summed E-state index contributed by atoms with van der Waals surface area (Å²) in [6.07, 6.45) is 0. The Bertz CT molecular complexity index is 1110. The first kappa shape index (κ1) is 15.4. The van der Waals surface area contributed by atoms with Crippen molar-refractivity contribution in [3.63, 3.8) is 0 Å². The number of pyridine rings is 1. The van der Waals surface area contributed by atoms with Gasteiger partial charge in [0.25, 0.3) is 0 Å². The van der Waals surface area contributed by atoms with Crippen LogP contribution in [0.25, 0.3) is 10.9 Å². The molecule has 0 aliphatic carbocycles. The molecule has 126 valence electrons. The monoisotopic (exact) mass is 357 g/mol. The number of hydrogen-bond acceptors (Lipinski definition) is 6. The van der Waals surface area contributed by atoms with Crippen molar-refractivity contribution in [3.05, 3.63) is 59.8 Å². The molecule has 25 heavy (non-hydrogen) atoms. The first-order chi connectivity index (χ1) is 11.9. The van der Waals surface area contributed by atoms with E-state index in [2.05, 4.69) is 4.98 Å². The number of carboxylic acid groups (broad SMARTS) is 1. The maximum Gasteiger partial charge on any atom is 0.358 e. The molecule has 0 saturated carbocycles. The van der Waals surface area contributed by atoms with E-state index in [-0.39, 0.29) is 17.3 Å². The van der Waals surface area contributed by atoms with E-state index in [4.69, 9.17) is 8.92 Å². The van der Waals surface area contributed by atoms with Gasteiger partial charge in [0, 0.05) is 5.39 Å². The second kappa shape index (κ2) is 5.45. The molecule has 3 aromatic rings. The third-order valence-corrected chi connectivity index (χ3v) is 5.03. The maximum atomic E-state index is 12.5. The van der Waals surface area contributed by atoms with Crippen molar-refractivity contribution in [2.45, 2.75) is 11.5 Å². The van der Waals surface area contributed by atoms with Crippen LogP contribution in [0.3, 0.4) is 0 Å². The standard InChI is InChI=1S/C17H11NO6S/c19-17(20)16-14-8-11-2-1-3-13(15(11)18-16)23-9-10-4-6-12(7-5-10)25(21,22)24-14/h1-8H,9H2,(H,19,20). The lowest BCUT2D eigenvalue weighted by molar-refractivity contribution is 0.0689. The number of aromatic carboxylic acids is 1. The van der Waals surface area contributed by atoms with E-state index in [0.717, 1.165) is 5.56 Å². The number of benzene rings is 2. The quantitative estimate of drug-likeness (QED) is 0.668. The molecular formula is C17H11NO6S. The zero-order valence-electron chi connectivity index (χ0n) is 12.7. The highest BCUT2D eigenvalue weighted by molar-refractivity contribution is 7.87. The average molecular weight is 357 g/mol. The normalized spacial score (nSPS) is 15.0. The summed E-state index contributed by atoms with van der Waals surface area (Å²) in [4.78, 5) is 15.5. The molecule has 6 bridgehead atoms. The second-order valence-electron chi connectivity index (χ2n) is 5.44. The first-order valence-electron chi connectivity index (χ1n) is 7.27. The van der Waals surface area contributed by atoms with E-state index < -0.39 is 21.8 Å². The molecule has 0 unspecified atom stereocenters. The largest absolute Gasteiger partial charge is 0.487 e. The summed E-state index contributed by atoms with van der Waals surface area (Å²) in [6, 6.07) is 12.4. The minimum Gasteiger partial charge on any atom is -0.487 e. The molecule has 0 atom stereocenters. The zero-order chi connectivity index (χ0) is 17.6. The van der Waals surface area contributed by atoms with Gasteiger partial charge in [-0.05, 0) is 29.8 Å². The molecule has 4 aliphatic rings. The van der Waals surface area contributed by atoms with Crippen LogP contribution in [0.15, 0.2) is 53.4 Å². The van der Waals surface area contributed by atoms with E-state index >= 15 is 0 Å². The summed E-state index contributed by atoms with van der Waals surface area (Å²) in [5, 5.41) is 9.91. The van der Waals surface area contributed by atoms with E-state index in [9.17, 15) is 18.3 Å². The molecule has 2 aromatic carbocycles. The molecule has 1 N–H and O–H groups in total. The Labute approximate surface area is 142 Å². The summed E-state index contributed by atoms with van der Waals surface area (Å²) in [5.41, 5.74) is 0.575. The van der Waals surface area contributed by atoms with Gasteiger partial charge >= 0.3 is 16.1 Å². The third-order valence-electron chi connectivity index (χ3n) is 3.78. The zero-order valence-corrected chi connectivity index (χ0v) is 13.5. The molecule has 0 saturated heterocycles. The number of carbonyl (C=O) groups is 1. The van der Waals surface area contributed by atoms with Crippen LogP contribution in [0, 0.1) is 0 Å². The van der Waals surface area contributed by atoms with Crippen molar-refractivity contribution in [2.75, 3.05) is 0 Å². The van der Waals surface area contributed by atoms with Gasteiger partial charge in [-0.15, -0.1) is 0 Å². The van der Waals surface area contributed by atoms with Gasteiger partial charge in [0.2, 0.25) is 0 Å². The molecule has 4 aliphatic heterocycles. The van der Waals surface area contributed by atoms with Crippen LogP contribution in [-0.2, 0) is 16.7 Å². The molecular weight excluding hydrogens is 346 g/mol. The Morgan fingerprint density at radius 1 is 1.08 bits per heavy atom. The van der Waals surface area contributed by atoms with Crippen LogP contribution >= 0.6 is 0 Å². The number of rotatable bonds is 1. The fraction of sp³-hybridized carbons (Fsp3) is 0.0588. The molecule has 8 heteroatoms. The predicted molar refractivity (Wildman–Crippen MR) is 87.3 cm³/mol. The molecule has 7 rings (SSSR count). The number of carboxylic acids is 1. The second-order valence-corrected chi connectivity index (χ2v) is 6.98. The molecule has 0 radical (unpaired) electrons. The van der Waals surface area contributed by atoms with E-state index in [0.29, 0.717) is 16.7 Å². The van der Waals surface area contributed by atoms with Crippen molar-refractivity contribution in [3.8, 4) is 11.5 Å². The third kappa shape index (κ3) is 2.66. The van der Waals surface area contributed by atoms with Crippen LogP contribution in [0.2, 0.25) is 0 Å². The highest BCUT2D eigenvalue weighted by Gasteiger charge is 2.24. The number of nitrogens with zero attached hydrogens (tertiary/aromatic N) is 1. The van der Waals surface area contributed by atoms with Crippen molar-refractivity contribution in [1.29, 1.82) is 0 Å². The first-order valence-corrected chi connectivity index (χ1v) is 8.68. The Hall–Kier alpha value is -3.13. The molecule has 0 fully saturated rings. The SMILES string of the molecule is O=C(O)c1nc2c3cccc2cc1OS(=O)(=O)c1ccc(cc1)CO3. The van der Waals surface area contributed by atoms with E-state index in [1.54, 1.807) is 30.3 Å². The Morgan fingerprint density at radius 3 is 2.56 bits per heavy atom. The smallest absolute Gasteiger partial charge is 0.358 e. The number of para-hydroxylation sites is 1. The number of ether oxygens (including phenoxy) is 1. The van der Waals surface area contributed by atoms with Gasteiger partial charge in [-0.25, -0.2) is 9.78 Å². The summed E-state index contributed by atoms with van der Waals surface area (Å²) >= 11 is 0. The average Bonchev–Trinajstić information content (AvgIpc) is 2.60. The summed E-state index contributed by atoms with van der Waals surface area (Å²) < 4.78 is 35.7. The lowest BCUT2D eigenvalue weighted by atomic mass is 10.1. The number of hydrogen-bond donors (Lipinski definition) is 1. The van der Waals surface area contributed by atoms with Gasteiger partial charge in [0.15, 0.2) is 11.4 Å². The maximum absolute atomic E-state index is 12.5.